The van der Waals surface area contributed by atoms with Crippen molar-refractivity contribution in [2.75, 3.05) is 14.2 Å². The lowest BCUT2D eigenvalue weighted by atomic mass is 10.1. The first-order chi connectivity index (χ1) is 12.4. The van der Waals surface area contributed by atoms with E-state index in [2.05, 4.69) is 11.2 Å². The Hall–Kier alpha value is -2.53. The molecule has 2 rings (SSSR count). The molecule has 0 aliphatic heterocycles. The number of hydrogen-bond acceptors (Lipinski definition) is 4. The number of carbonyl (C=O) groups excluding carboxylic acids is 1. The molecule has 0 atom stereocenters. The van der Waals surface area contributed by atoms with Gasteiger partial charge in [0, 0.05) is 12.1 Å². The van der Waals surface area contributed by atoms with Crippen LogP contribution in [0.1, 0.15) is 29.2 Å². The summed E-state index contributed by atoms with van der Waals surface area (Å²) in [5.41, 5.74) is 4.68. The van der Waals surface area contributed by atoms with E-state index in [-0.39, 0.29) is 0 Å². The first kappa shape index (κ1) is 19.8. The molecule has 0 aliphatic carbocycles. The maximum atomic E-state index is 11.6. The maximum absolute atomic E-state index is 11.6. The van der Waals surface area contributed by atoms with E-state index < -0.39 is 6.09 Å². The molecule has 0 heterocycles. The molecule has 138 valence electrons. The molecule has 0 bridgehead atoms. The highest BCUT2D eigenvalue weighted by Crippen LogP contribution is 2.20. The van der Waals surface area contributed by atoms with Gasteiger partial charge in [-0.2, -0.15) is 0 Å². The lowest BCUT2D eigenvalue weighted by molar-refractivity contribution is 0.130. The minimum absolute atomic E-state index is 0.344. The van der Waals surface area contributed by atoms with Crippen LogP contribution in [0.2, 0.25) is 5.02 Å². The van der Waals surface area contributed by atoms with Crippen molar-refractivity contribution in [1.82, 2.24) is 4.90 Å². The number of benzene rings is 2. The molecule has 26 heavy (non-hydrogen) atoms. The van der Waals surface area contributed by atoms with E-state index in [0.717, 1.165) is 22.4 Å². The van der Waals surface area contributed by atoms with E-state index in [1.54, 1.807) is 13.1 Å². The van der Waals surface area contributed by atoms with Gasteiger partial charge in [0.05, 0.1) is 19.4 Å². The van der Waals surface area contributed by atoms with Crippen molar-refractivity contribution in [1.29, 1.82) is 0 Å². The molecule has 0 saturated carbocycles. The lowest BCUT2D eigenvalue weighted by Gasteiger charge is -2.17. The van der Waals surface area contributed by atoms with Gasteiger partial charge in [-0.25, -0.2) is 4.79 Å². The summed E-state index contributed by atoms with van der Waals surface area (Å²) in [6, 6.07) is 13.7. The quantitative estimate of drug-likeness (QED) is 0.539. The van der Waals surface area contributed by atoms with E-state index in [0.29, 0.717) is 18.2 Å². The monoisotopic (exact) mass is 374 g/mol. The van der Waals surface area contributed by atoms with E-state index in [1.807, 2.05) is 44.2 Å². The third kappa shape index (κ3) is 5.49. The smallest absolute Gasteiger partial charge is 0.409 e. The molecule has 0 radical (unpaired) electrons. The molecule has 0 unspecified atom stereocenters. The van der Waals surface area contributed by atoms with Gasteiger partial charge in [-0.15, -0.1) is 0 Å². The van der Waals surface area contributed by atoms with Gasteiger partial charge in [0.25, 0.3) is 0 Å². The molecule has 2 aromatic carbocycles. The van der Waals surface area contributed by atoms with Crippen LogP contribution in [0.15, 0.2) is 47.6 Å². The van der Waals surface area contributed by atoms with Crippen molar-refractivity contribution in [3.8, 4) is 0 Å². The Morgan fingerprint density at radius 2 is 2.00 bits per heavy atom. The van der Waals surface area contributed by atoms with E-state index in [1.165, 1.54) is 17.6 Å². The average molecular weight is 375 g/mol. The van der Waals surface area contributed by atoms with Crippen LogP contribution in [0.3, 0.4) is 0 Å². The van der Waals surface area contributed by atoms with Crippen LogP contribution in [-0.2, 0) is 22.7 Å². The Bertz CT molecular complexity index is 805. The minimum Gasteiger partial charge on any atom is -0.453 e. The number of ether oxygens (including phenoxy) is 1. The zero-order valence-electron chi connectivity index (χ0n) is 15.5. The van der Waals surface area contributed by atoms with Crippen molar-refractivity contribution < 1.29 is 14.4 Å². The van der Waals surface area contributed by atoms with Crippen LogP contribution in [-0.4, -0.2) is 30.9 Å². The Kier molecular flexibility index (Phi) is 7.04. The Morgan fingerprint density at radius 3 is 2.69 bits per heavy atom. The van der Waals surface area contributed by atoms with Crippen LogP contribution in [0.5, 0.6) is 0 Å². The van der Waals surface area contributed by atoms with E-state index in [4.69, 9.17) is 21.2 Å². The normalized spacial score (nSPS) is 11.2. The Balaban J connectivity index is 2.07. The highest BCUT2D eigenvalue weighted by molar-refractivity contribution is 6.31. The Labute approximate surface area is 159 Å². The minimum atomic E-state index is -0.418. The summed E-state index contributed by atoms with van der Waals surface area (Å²) in [4.78, 5) is 18.5. The second-order valence-corrected chi connectivity index (χ2v) is 6.48. The standard InChI is InChI=1S/C20H23ClN2O3/c1-14-6-5-7-16(10-14)13-26-22-15(2)17-8-9-19(21)18(11-17)12-23(3)20(24)25-4/h5-11H,12-13H2,1-4H3. The number of rotatable bonds is 6. The molecular weight excluding hydrogens is 352 g/mol. The van der Waals surface area contributed by atoms with Crippen molar-refractivity contribution >= 4 is 23.4 Å². The first-order valence-electron chi connectivity index (χ1n) is 8.20. The number of nitrogens with zero attached hydrogens (tertiary/aromatic N) is 2. The van der Waals surface area contributed by atoms with Crippen LogP contribution in [0.4, 0.5) is 4.79 Å². The molecule has 0 aliphatic rings. The van der Waals surface area contributed by atoms with E-state index >= 15 is 0 Å². The van der Waals surface area contributed by atoms with Gasteiger partial charge in [0.2, 0.25) is 0 Å². The molecule has 0 saturated heterocycles. The van der Waals surface area contributed by atoms with Crippen LogP contribution in [0.25, 0.3) is 0 Å². The fraction of sp³-hybridized carbons (Fsp3) is 0.300. The zero-order valence-corrected chi connectivity index (χ0v) is 16.2. The summed E-state index contributed by atoms with van der Waals surface area (Å²) in [5, 5.41) is 4.77. The molecule has 0 N–H and O–H groups in total. The van der Waals surface area contributed by atoms with Crippen molar-refractivity contribution in [3.63, 3.8) is 0 Å². The fourth-order valence-corrected chi connectivity index (χ4v) is 2.63. The molecule has 0 fully saturated rings. The Morgan fingerprint density at radius 1 is 1.23 bits per heavy atom. The SMILES string of the molecule is COC(=O)N(C)Cc1cc(C(C)=NOCc2cccc(C)c2)ccc1Cl. The van der Waals surface area contributed by atoms with Gasteiger partial charge in [-0.05, 0) is 42.7 Å². The second-order valence-electron chi connectivity index (χ2n) is 6.07. The first-order valence-corrected chi connectivity index (χ1v) is 8.58. The van der Waals surface area contributed by atoms with Gasteiger partial charge in [0.15, 0.2) is 0 Å². The summed E-state index contributed by atoms with van der Waals surface area (Å²) in [6.07, 6.45) is -0.418. The van der Waals surface area contributed by atoms with Crippen LogP contribution >= 0.6 is 11.6 Å². The topological polar surface area (TPSA) is 51.1 Å². The predicted octanol–water partition coefficient (Wildman–Crippen LogP) is 4.79. The van der Waals surface area contributed by atoms with Crippen molar-refractivity contribution in [3.05, 3.63) is 69.7 Å². The van der Waals surface area contributed by atoms with Crippen molar-refractivity contribution in [2.45, 2.75) is 27.0 Å². The van der Waals surface area contributed by atoms with Crippen molar-refractivity contribution in [2.24, 2.45) is 5.16 Å². The summed E-state index contributed by atoms with van der Waals surface area (Å²) >= 11 is 6.24. The molecule has 5 nitrogen and oxygen atoms in total. The number of aryl methyl sites for hydroxylation is 1. The fourth-order valence-electron chi connectivity index (χ4n) is 2.46. The summed E-state index contributed by atoms with van der Waals surface area (Å²) in [6.45, 7) is 4.66. The third-order valence-corrected chi connectivity index (χ3v) is 4.24. The lowest BCUT2D eigenvalue weighted by Crippen LogP contribution is -2.26. The second kappa shape index (κ2) is 9.25. The van der Waals surface area contributed by atoms with Gasteiger partial charge in [-0.3, -0.25) is 0 Å². The number of carbonyl (C=O) groups is 1. The largest absolute Gasteiger partial charge is 0.453 e. The summed E-state index contributed by atoms with van der Waals surface area (Å²) < 4.78 is 4.71. The van der Waals surface area contributed by atoms with Gasteiger partial charge in [-0.1, -0.05) is 52.7 Å². The average Bonchev–Trinajstić information content (AvgIpc) is 2.62. The zero-order chi connectivity index (χ0) is 19.1. The molecular formula is C20H23ClN2O3. The predicted molar refractivity (Wildman–Crippen MR) is 104 cm³/mol. The number of hydrogen-bond donors (Lipinski definition) is 0. The molecule has 0 spiro atoms. The number of halogens is 1. The molecule has 6 heteroatoms. The van der Waals surface area contributed by atoms with Gasteiger partial charge < -0.3 is 14.5 Å². The molecule has 1 amide bonds. The van der Waals surface area contributed by atoms with E-state index in [9.17, 15) is 4.79 Å². The number of amides is 1. The highest BCUT2D eigenvalue weighted by atomic mass is 35.5. The third-order valence-electron chi connectivity index (χ3n) is 3.87. The summed E-state index contributed by atoms with van der Waals surface area (Å²) in [7, 11) is 3.00. The molecule has 2 aromatic rings. The number of oxime groups is 1. The summed E-state index contributed by atoms with van der Waals surface area (Å²) in [5.74, 6) is 0. The van der Waals surface area contributed by atoms with Crippen LogP contribution < -0.4 is 0 Å². The molecule has 0 aromatic heterocycles. The highest BCUT2D eigenvalue weighted by Gasteiger charge is 2.12. The van der Waals surface area contributed by atoms with Gasteiger partial charge >= 0.3 is 6.09 Å². The number of methoxy groups -OCH3 is 1. The maximum Gasteiger partial charge on any atom is 0.409 e. The van der Waals surface area contributed by atoms with Gasteiger partial charge in [0.1, 0.15) is 6.61 Å². The van der Waals surface area contributed by atoms with Crippen LogP contribution in [0, 0.1) is 6.92 Å².